The number of nitrogens with two attached hydrogens (primary N) is 1. The first-order valence-electron chi connectivity index (χ1n) is 10.2. The molecule has 2 N–H and O–H groups in total. The van der Waals surface area contributed by atoms with Crippen molar-refractivity contribution in [1.29, 1.82) is 0 Å². The van der Waals surface area contributed by atoms with E-state index in [9.17, 15) is 22.4 Å². The summed E-state index contributed by atoms with van der Waals surface area (Å²) in [6.45, 7) is 1.12. The molecule has 1 amide bonds. The number of alkyl halides is 4. The minimum absolute atomic E-state index is 0.00303. The van der Waals surface area contributed by atoms with Crippen LogP contribution >= 0.6 is 0 Å². The number of amides is 1. The summed E-state index contributed by atoms with van der Waals surface area (Å²) < 4.78 is 53.6. The van der Waals surface area contributed by atoms with Crippen molar-refractivity contribution >= 4 is 17.5 Å². The second kappa shape index (κ2) is 9.08. The van der Waals surface area contributed by atoms with Gasteiger partial charge in [0.1, 0.15) is 17.6 Å². The number of anilines is 1. The molecule has 5 heterocycles. The minimum Gasteiger partial charge on any atom is -0.364 e. The molecule has 178 valence electrons. The van der Waals surface area contributed by atoms with Gasteiger partial charge in [-0.3, -0.25) is 9.48 Å². The highest BCUT2D eigenvalue weighted by molar-refractivity contribution is 5.97. The van der Waals surface area contributed by atoms with Gasteiger partial charge in [-0.2, -0.15) is 23.3 Å². The highest BCUT2D eigenvalue weighted by Gasteiger charge is 2.33. The second-order valence-electron chi connectivity index (χ2n) is 7.55. The van der Waals surface area contributed by atoms with Crippen molar-refractivity contribution in [2.45, 2.75) is 18.8 Å². The van der Waals surface area contributed by atoms with Crippen LogP contribution in [0.5, 0.6) is 0 Å². The first-order chi connectivity index (χ1) is 16.1. The number of carbonyl (C=O) groups excluding carboxylic acids is 1. The highest BCUT2D eigenvalue weighted by Crippen LogP contribution is 2.30. The summed E-state index contributed by atoms with van der Waals surface area (Å²) in [5.41, 5.74) is 5.11. The number of aromatic nitrogens is 6. The van der Waals surface area contributed by atoms with Gasteiger partial charge in [0.15, 0.2) is 5.65 Å². The molecule has 13 heteroatoms. The van der Waals surface area contributed by atoms with E-state index in [1.807, 2.05) is 29.3 Å². The number of hydrogen-bond donors (Lipinski definition) is 1. The number of fused-ring (bicyclic) bond motifs is 1. The molecular formula is C21H20F4N8O. The zero-order valence-corrected chi connectivity index (χ0v) is 17.9. The Kier molecular flexibility index (Phi) is 6.18. The lowest BCUT2D eigenvalue weighted by Gasteiger charge is -2.10. The maximum absolute atomic E-state index is 13.0. The van der Waals surface area contributed by atoms with Gasteiger partial charge in [-0.05, 0) is 30.7 Å². The maximum Gasteiger partial charge on any atom is 0.433 e. The molecule has 1 fully saturated rings. The molecular weight excluding hydrogens is 456 g/mol. The van der Waals surface area contributed by atoms with Gasteiger partial charge in [0.05, 0.1) is 24.0 Å². The Morgan fingerprint density at radius 1 is 1.15 bits per heavy atom. The third-order valence-corrected chi connectivity index (χ3v) is 5.13. The molecule has 0 radical (unpaired) electrons. The summed E-state index contributed by atoms with van der Waals surface area (Å²) in [5, 5.41) is 8.09. The largest absolute Gasteiger partial charge is 0.433 e. The van der Waals surface area contributed by atoms with E-state index in [1.165, 1.54) is 30.1 Å². The van der Waals surface area contributed by atoms with Crippen LogP contribution in [0.25, 0.3) is 16.9 Å². The average molecular weight is 476 g/mol. The van der Waals surface area contributed by atoms with Crippen LogP contribution in [-0.2, 0) is 13.2 Å². The van der Waals surface area contributed by atoms with Crippen LogP contribution < -0.4 is 10.6 Å². The molecule has 1 atom stereocenters. The smallest absolute Gasteiger partial charge is 0.364 e. The third-order valence-electron chi connectivity index (χ3n) is 5.13. The zero-order chi connectivity index (χ0) is 24.5. The first-order valence-corrected chi connectivity index (χ1v) is 10.2. The van der Waals surface area contributed by atoms with Gasteiger partial charge in [-0.15, -0.1) is 5.10 Å². The number of nitrogens with zero attached hydrogens (tertiary/aromatic N) is 7. The van der Waals surface area contributed by atoms with Crippen molar-refractivity contribution in [2.24, 2.45) is 12.8 Å². The van der Waals surface area contributed by atoms with Crippen molar-refractivity contribution < 1.29 is 22.4 Å². The fourth-order valence-electron chi connectivity index (χ4n) is 3.51. The van der Waals surface area contributed by atoms with E-state index in [1.54, 1.807) is 4.52 Å². The van der Waals surface area contributed by atoms with Crippen molar-refractivity contribution in [3.8, 4) is 11.3 Å². The van der Waals surface area contributed by atoms with Gasteiger partial charge in [-0.1, -0.05) is 12.1 Å². The lowest BCUT2D eigenvalue weighted by molar-refractivity contribution is -0.141. The molecule has 1 aliphatic rings. The lowest BCUT2D eigenvalue weighted by Crippen LogP contribution is -2.21. The Labute approximate surface area is 190 Å². The van der Waals surface area contributed by atoms with Crippen LogP contribution in [0.2, 0.25) is 0 Å². The van der Waals surface area contributed by atoms with Gasteiger partial charge >= 0.3 is 6.18 Å². The fraction of sp³-hybridized carbons (Fsp3) is 0.286. The van der Waals surface area contributed by atoms with Crippen molar-refractivity contribution in [3.05, 3.63) is 60.2 Å². The monoisotopic (exact) mass is 476 g/mol. The zero-order valence-electron chi connectivity index (χ0n) is 17.9. The molecule has 34 heavy (non-hydrogen) atoms. The number of primary amides is 1. The molecule has 1 unspecified atom stereocenters. The Morgan fingerprint density at radius 2 is 1.94 bits per heavy atom. The van der Waals surface area contributed by atoms with E-state index in [0.717, 1.165) is 11.7 Å². The standard InChI is InChI=1S/C11H9F3N4O.C10H11FN4/c1-18-9(10(15)19)6(5-16-18)7-3-2-4-8(17-7)11(12,13)14;11-8-4-6-14(7-8)10-12-9-3-1-2-5-15(9)13-10/h2-5H,1H3,(H2,15,19);1-3,5,8H,4,6-7H2. The number of carbonyl (C=O) groups is 1. The molecule has 1 saturated heterocycles. The van der Waals surface area contributed by atoms with Crippen molar-refractivity contribution in [3.63, 3.8) is 0 Å². The Morgan fingerprint density at radius 3 is 2.59 bits per heavy atom. The Hall–Kier alpha value is -4.03. The van der Waals surface area contributed by atoms with Gasteiger partial charge in [-0.25, -0.2) is 13.9 Å². The second-order valence-corrected chi connectivity index (χ2v) is 7.55. The van der Waals surface area contributed by atoms with E-state index in [-0.39, 0.29) is 17.0 Å². The fourth-order valence-corrected chi connectivity index (χ4v) is 3.51. The van der Waals surface area contributed by atoms with E-state index < -0.39 is 23.9 Å². The number of rotatable bonds is 3. The van der Waals surface area contributed by atoms with Crippen molar-refractivity contribution in [1.82, 2.24) is 29.4 Å². The normalized spacial score (nSPS) is 15.9. The summed E-state index contributed by atoms with van der Waals surface area (Å²) in [5.74, 6) is -0.157. The molecule has 0 aliphatic carbocycles. The van der Waals surface area contributed by atoms with Crippen LogP contribution in [0.4, 0.5) is 23.5 Å². The van der Waals surface area contributed by atoms with Gasteiger partial charge in [0.2, 0.25) is 5.95 Å². The predicted molar refractivity (Wildman–Crippen MR) is 115 cm³/mol. The molecule has 9 nitrogen and oxygen atoms in total. The molecule has 5 rings (SSSR count). The van der Waals surface area contributed by atoms with E-state index in [2.05, 4.69) is 20.2 Å². The van der Waals surface area contributed by atoms with E-state index in [4.69, 9.17) is 5.73 Å². The molecule has 0 saturated carbocycles. The molecule has 0 bridgehead atoms. The van der Waals surface area contributed by atoms with Crippen LogP contribution in [-0.4, -0.2) is 54.5 Å². The quantitative estimate of drug-likeness (QED) is 0.456. The van der Waals surface area contributed by atoms with Gasteiger partial charge in [0.25, 0.3) is 5.91 Å². The van der Waals surface area contributed by atoms with Crippen LogP contribution in [0.15, 0.2) is 48.8 Å². The number of aryl methyl sites for hydroxylation is 1. The summed E-state index contributed by atoms with van der Waals surface area (Å²) >= 11 is 0. The third kappa shape index (κ3) is 4.82. The Bertz CT molecular complexity index is 1280. The predicted octanol–water partition coefficient (Wildman–Crippen LogP) is 2.88. The first kappa shape index (κ1) is 23.1. The molecule has 1 aliphatic heterocycles. The molecule has 0 spiro atoms. The number of hydrogen-bond acceptors (Lipinski definition) is 6. The average Bonchev–Trinajstić information content (AvgIpc) is 3.51. The summed E-state index contributed by atoms with van der Waals surface area (Å²) in [4.78, 5) is 21.0. The van der Waals surface area contributed by atoms with Crippen molar-refractivity contribution in [2.75, 3.05) is 18.0 Å². The van der Waals surface area contributed by atoms with Crippen LogP contribution in [0, 0.1) is 0 Å². The number of halogens is 4. The topological polar surface area (TPSA) is 107 Å². The van der Waals surface area contributed by atoms with Gasteiger partial charge in [0, 0.05) is 19.8 Å². The van der Waals surface area contributed by atoms with E-state index >= 15 is 0 Å². The molecule has 0 aromatic carbocycles. The summed E-state index contributed by atoms with van der Waals surface area (Å²) in [6.07, 6.45) is -1.62. The lowest BCUT2D eigenvalue weighted by atomic mass is 10.1. The SMILES string of the molecule is Cn1ncc(-c2cccc(C(F)(F)F)n2)c1C(N)=O.FC1CCN(c2nc3ccccn3n2)C1. The molecule has 4 aromatic heterocycles. The van der Waals surface area contributed by atoms with E-state index in [0.29, 0.717) is 25.5 Å². The van der Waals surface area contributed by atoms with Gasteiger partial charge < -0.3 is 10.6 Å². The molecule has 4 aromatic rings. The number of pyridine rings is 2. The highest BCUT2D eigenvalue weighted by atomic mass is 19.4. The summed E-state index contributed by atoms with van der Waals surface area (Å²) in [6, 6.07) is 9.12. The van der Waals surface area contributed by atoms with Crippen LogP contribution in [0.3, 0.4) is 0 Å². The Balaban J connectivity index is 0.000000165. The van der Waals surface area contributed by atoms with Crippen LogP contribution in [0.1, 0.15) is 22.6 Å². The minimum atomic E-state index is -4.55. The maximum atomic E-state index is 13.0. The summed E-state index contributed by atoms with van der Waals surface area (Å²) in [7, 11) is 1.47.